The third-order valence-corrected chi connectivity index (χ3v) is 4.46. The van der Waals surface area contributed by atoms with Crippen molar-refractivity contribution in [2.24, 2.45) is 7.05 Å². The molecule has 0 saturated carbocycles. The highest BCUT2D eigenvalue weighted by atomic mass is 35.5. The van der Waals surface area contributed by atoms with Gasteiger partial charge in [0.15, 0.2) is 5.69 Å². The van der Waals surface area contributed by atoms with Crippen molar-refractivity contribution in [3.05, 3.63) is 58.6 Å². The minimum Gasteiger partial charge on any atom is -0.321 e. The van der Waals surface area contributed by atoms with Gasteiger partial charge in [0, 0.05) is 31.2 Å². The van der Waals surface area contributed by atoms with Crippen molar-refractivity contribution in [3.63, 3.8) is 0 Å². The number of hydrogen-bond acceptors (Lipinski definition) is 4. The SMILES string of the molecule is CCn1nccc1C(=O)Nc1cccc(NC(=O)c2c(Cl)c(C(F)(F)F)nn2C)c1. The van der Waals surface area contributed by atoms with Crippen LogP contribution in [0.4, 0.5) is 24.5 Å². The summed E-state index contributed by atoms with van der Waals surface area (Å²) in [5, 5.41) is 11.6. The first kappa shape index (κ1) is 21.4. The number of alkyl halides is 3. The number of amides is 2. The highest BCUT2D eigenvalue weighted by Crippen LogP contribution is 2.35. The summed E-state index contributed by atoms with van der Waals surface area (Å²) < 4.78 is 41.1. The number of carbonyl (C=O) groups is 2. The van der Waals surface area contributed by atoms with Crippen LogP contribution in [-0.4, -0.2) is 31.4 Å². The Morgan fingerprint density at radius 2 is 1.77 bits per heavy atom. The normalized spacial score (nSPS) is 11.4. The Labute approximate surface area is 173 Å². The molecule has 0 aliphatic carbocycles. The number of carbonyl (C=O) groups excluding carboxylic acids is 2. The van der Waals surface area contributed by atoms with Gasteiger partial charge in [0.2, 0.25) is 0 Å². The van der Waals surface area contributed by atoms with Gasteiger partial charge in [-0.2, -0.15) is 23.4 Å². The average molecular weight is 441 g/mol. The minimum atomic E-state index is -4.79. The van der Waals surface area contributed by atoms with E-state index in [4.69, 9.17) is 11.6 Å². The number of aryl methyl sites for hydroxylation is 2. The molecule has 12 heteroatoms. The number of anilines is 2. The van der Waals surface area contributed by atoms with Gasteiger partial charge in [0.25, 0.3) is 11.8 Å². The second-order valence-corrected chi connectivity index (χ2v) is 6.53. The quantitative estimate of drug-likeness (QED) is 0.630. The monoisotopic (exact) mass is 440 g/mol. The standard InChI is InChI=1S/C18H16ClF3N6O2/c1-3-28-12(7-8-23-28)16(29)24-10-5-4-6-11(9-10)25-17(30)14-13(19)15(18(20,21)22)26-27(14)2/h4-9H,3H2,1-2H3,(H,24,29)(H,25,30). The van der Waals surface area contributed by atoms with Crippen LogP contribution in [0.25, 0.3) is 0 Å². The lowest BCUT2D eigenvalue weighted by Crippen LogP contribution is -2.18. The van der Waals surface area contributed by atoms with Gasteiger partial charge in [-0.05, 0) is 31.2 Å². The van der Waals surface area contributed by atoms with Gasteiger partial charge in [-0.15, -0.1) is 0 Å². The molecular weight excluding hydrogens is 425 g/mol. The summed E-state index contributed by atoms with van der Waals surface area (Å²) in [6.45, 7) is 2.35. The third kappa shape index (κ3) is 4.30. The van der Waals surface area contributed by atoms with Crippen molar-refractivity contribution in [1.82, 2.24) is 19.6 Å². The lowest BCUT2D eigenvalue weighted by molar-refractivity contribution is -0.141. The van der Waals surface area contributed by atoms with Gasteiger partial charge in [0.05, 0.1) is 0 Å². The van der Waals surface area contributed by atoms with Crippen LogP contribution in [0.3, 0.4) is 0 Å². The summed E-state index contributed by atoms with van der Waals surface area (Å²) in [4.78, 5) is 24.9. The van der Waals surface area contributed by atoms with E-state index in [1.54, 1.807) is 18.2 Å². The molecule has 2 N–H and O–H groups in total. The second kappa shape index (κ2) is 8.19. The number of halogens is 4. The minimum absolute atomic E-state index is 0.243. The zero-order valence-corrected chi connectivity index (χ0v) is 16.5. The smallest absolute Gasteiger partial charge is 0.321 e. The number of rotatable bonds is 5. The van der Waals surface area contributed by atoms with E-state index in [1.165, 1.54) is 30.1 Å². The van der Waals surface area contributed by atoms with Crippen LogP contribution >= 0.6 is 11.6 Å². The summed E-state index contributed by atoms with van der Waals surface area (Å²) in [5.74, 6) is -1.28. The first-order chi connectivity index (χ1) is 14.1. The highest BCUT2D eigenvalue weighted by molar-refractivity contribution is 6.34. The van der Waals surface area contributed by atoms with E-state index in [1.807, 2.05) is 6.92 Å². The predicted octanol–water partition coefficient (Wildman–Crippen LogP) is 3.81. The van der Waals surface area contributed by atoms with Crippen molar-refractivity contribution in [2.45, 2.75) is 19.6 Å². The number of aromatic nitrogens is 4. The molecule has 0 bridgehead atoms. The van der Waals surface area contributed by atoms with Crippen LogP contribution < -0.4 is 10.6 Å². The zero-order chi connectivity index (χ0) is 22.1. The maximum absolute atomic E-state index is 12.9. The molecule has 1 aromatic carbocycles. The van der Waals surface area contributed by atoms with Crippen LogP contribution in [-0.2, 0) is 19.8 Å². The van der Waals surface area contributed by atoms with Crippen LogP contribution in [0.1, 0.15) is 33.6 Å². The van der Waals surface area contributed by atoms with Crippen molar-refractivity contribution in [1.29, 1.82) is 0 Å². The molecule has 3 aromatic rings. The third-order valence-electron chi connectivity index (χ3n) is 4.10. The van der Waals surface area contributed by atoms with Gasteiger partial charge >= 0.3 is 6.18 Å². The van der Waals surface area contributed by atoms with Crippen LogP contribution in [0.5, 0.6) is 0 Å². The molecule has 3 rings (SSSR count). The lowest BCUT2D eigenvalue weighted by atomic mass is 10.2. The fraction of sp³-hybridized carbons (Fsp3) is 0.222. The summed E-state index contributed by atoms with van der Waals surface area (Å²) in [7, 11) is 1.18. The van der Waals surface area contributed by atoms with Gasteiger partial charge in [-0.25, -0.2) is 0 Å². The van der Waals surface area contributed by atoms with Crippen LogP contribution in [0.15, 0.2) is 36.5 Å². The maximum Gasteiger partial charge on any atom is 0.436 e. The maximum atomic E-state index is 12.9. The van der Waals surface area contributed by atoms with Crippen molar-refractivity contribution in [2.75, 3.05) is 10.6 Å². The van der Waals surface area contributed by atoms with E-state index in [-0.39, 0.29) is 5.69 Å². The summed E-state index contributed by atoms with van der Waals surface area (Å²) in [6, 6.07) is 7.69. The van der Waals surface area contributed by atoms with E-state index in [2.05, 4.69) is 20.8 Å². The molecule has 2 heterocycles. The number of benzene rings is 1. The molecule has 0 atom stereocenters. The Bertz CT molecular complexity index is 1110. The van der Waals surface area contributed by atoms with Crippen molar-refractivity contribution in [3.8, 4) is 0 Å². The largest absolute Gasteiger partial charge is 0.436 e. The van der Waals surface area contributed by atoms with Crippen LogP contribution in [0, 0.1) is 0 Å². The lowest BCUT2D eigenvalue weighted by Gasteiger charge is -2.10. The van der Waals surface area contributed by atoms with E-state index < -0.39 is 34.4 Å². The number of nitrogens with zero attached hydrogens (tertiary/aromatic N) is 4. The summed E-state index contributed by atoms with van der Waals surface area (Å²) in [5.41, 5.74) is -0.815. The molecule has 8 nitrogen and oxygen atoms in total. The Kier molecular flexibility index (Phi) is 5.83. The predicted molar refractivity (Wildman–Crippen MR) is 103 cm³/mol. The van der Waals surface area contributed by atoms with Crippen molar-refractivity contribution >= 4 is 34.8 Å². The molecule has 30 heavy (non-hydrogen) atoms. The Hall–Kier alpha value is -3.34. The molecule has 0 fully saturated rings. The Morgan fingerprint density at radius 3 is 2.33 bits per heavy atom. The molecule has 0 radical (unpaired) electrons. The molecule has 0 unspecified atom stereocenters. The van der Waals surface area contributed by atoms with E-state index in [9.17, 15) is 22.8 Å². The zero-order valence-electron chi connectivity index (χ0n) is 15.8. The Morgan fingerprint density at radius 1 is 1.13 bits per heavy atom. The second-order valence-electron chi connectivity index (χ2n) is 6.15. The van der Waals surface area contributed by atoms with E-state index in [0.29, 0.717) is 17.9 Å². The van der Waals surface area contributed by atoms with Gasteiger partial charge in [-0.3, -0.25) is 19.0 Å². The first-order valence-corrected chi connectivity index (χ1v) is 9.04. The first-order valence-electron chi connectivity index (χ1n) is 8.66. The van der Waals surface area contributed by atoms with Crippen molar-refractivity contribution < 1.29 is 22.8 Å². The fourth-order valence-electron chi connectivity index (χ4n) is 2.76. The number of hydrogen-bond donors (Lipinski definition) is 2. The van der Waals surface area contributed by atoms with E-state index >= 15 is 0 Å². The fourth-order valence-corrected chi connectivity index (χ4v) is 3.12. The molecule has 158 valence electrons. The van der Waals surface area contributed by atoms with Gasteiger partial charge in [-0.1, -0.05) is 17.7 Å². The topological polar surface area (TPSA) is 93.8 Å². The Balaban J connectivity index is 1.78. The van der Waals surface area contributed by atoms with Gasteiger partial charge < -0.3 is 10.6 Å². The van der Waals surface area contributed by atoms with Gasteiger partial charge in [0.1, 0.15) is 16.4 Å². The molecule has 0 aliphatic heterocycles. The molecule has 2 amide bonds. The van der Waals surface area contributed by atoms with Crippen LogP contribution in [0.2, 0.25) is 5.02 Å². The molecular formula is C18H16ClF3N6O2. The highest BCUT2D eigenvalue weighted by Gasteiger charge is 2.39. The number of nitrogens with one attached hydrogen (secondary N) is 2. The average Bonchev–Trinajstić information content (AvgIpc) is 3.25. The summed E-state index contributed by atoms with van der Waals surface area (Å²) >= 11 is 5.73. The molecule has 0 spiro atoms. The molecule has 0 aliphatic rings. The molecule has 0 saturated heterocycles. The van der Waals surface area contributed by atoms with E-state index in [0.717, 1.165) is 4.68 Å². The summed E-state index contributed by atoms with van der Waals surface area (Å²) in [6.07, 6.45) is -3.29. The molecule has 2 aromatic heterocycles.